The maximum absolute atomic E-state index is 13.1. The van der Waals surface area contributed by atoms with Gasteiger partial charge in [-0.25, -0.2) is 0 Å². The van der Waals surface area contributed by atoms with E-state index in [1.54, 1.807) is 41.3 Å². The number of fused-ring (bicyclic) bond motifs is 1. The second-order valence-electron chi connectivity index (χ2n) is 6.61. The van der Waals surface area contributed by atoms with Gasteiger partial charge in [-0.15, -0.1) is 0 Å². The van der Waals surface area contributed by atoms with Crippen LogP contribution < -0.4 is 4.90 Å². The van der Waals surface area contributed by atoms with E-state index in [0.717, 1.165) is 16.8 Å². The number of para-hydroxylation sites is 1. The van der Waals surface area contributed by atoms with Crippen LogP contribution in [0, 0.1) is 0 Å². The molecule has 1 aliphatic heterocycles. The normalized spacial score (nSPS) is 14.3. The monoisotopic (exact) mass is 478 g/mol. The van der Waals surface area contributed by atoms with Crippen LogP contribution in [0.3, 0.4) is 0 Å². The number of hydrogen-bond donors (Lipinski definition) is 0. The highest BCUT2D eigenvalue weighted by Gasteiger charge is 2.34. The van der Waals surface area contributed by atoms with Gasteiger partial charge < -0.3 is 9.74 Å². The molecule has 0 N–H and O–H groups in total. The molecule has 0 unspecified atom stereocenters. The fourth-order valence-corrected chi connectivity index (χ4v) is 3.92. The summed E-state index contributed by atoms with van der Waals surface area (Å²) in [7, 11) is 0. The van der Waals surface area contributed by atoms with E-state index < -0.39 is 0 Å². The van der Waals surface area contributed by atoms with Crippen LogP contribution in [0.15, 0.2) is 65.8 Å². The maximum Gasteiger partial charge on any atom is 0.281 e. The lowest BCUT2D eigenvalue weighted by atomic mass is 10.1. The lowest BCUT2D eigenvalue weighted by Crippen LogP contribution is -2.29. The highest BCUT2D eigenvalue weighted by Crippen LogP contribution is 2.32. The Bertz CT molecular complexity index is 1160. The van der Waals surface area contributed by atoms with Crippen LogP contribution in [-0.2, 0) is 22.8 Å². The minimum absolute atomic E-state index is 0.152. The highest BCUT2D eigenvalue weighted by atomic mass is 35.5. The Kier molecular flexibility index (Phi) is 6.21. The number of carbonyl (C=O) groups is 1. The first-order valence-corrected chi connectivity index (χ1v) is 10.4. The van der Waals surface area contributed by atoms with Gasteiger partial charge in [0, 0.05) is 15.6 Å². The number of benzene rings is 3. The fourth-order valence-electron chi connectivity index (χ4n) is 3.13. The van der Waals surface area contributed by atoms with Crippen molar-refractivity contribution in [2.75, 3.05) is 4.90 Å². The molecule has 0 radical (unpaired) electrons. The fraction of sp³-hybridized carbons (Fsp3) is 0.0909. The van der Waals surface area contributed by atoms with E-state index in [-0.39, 0.29) is 24.8 Å². The third kappa shape index (κ3) is 4.28. The summed E-state index contributed by atoms with van der Waals surface area (Å²) in [6.07, 6.45) is 0. The van der Waals surface area contributed by atoms with Crippen LogP contribution in [0.5, 0.6) is 0 Å². The van der Waals surface area contributed by atoms with Gasteiger partial charge in [0.25, 0.3) is 5.91 Å². The summed E-state index contributed by atoms with van der Waals surface area (Å²) < 4.78 is 0. The molecule has 0 aliphatic carbocycles. The molecule has 1 amide bonds. The molecule has 0 saturated carbocycles. The number of amides is 1. The largest absolute Gasteiger partial charge is 0.390 e. The van der Waals surface area contributed by atoms with Crippen molar-refractivity contribution in [1.82, 2.24) is 0 Å². The summed E-state index contributed by atoms with van der Waals surface area (Å²) in [5.41, 5.74) is 3.24. The molecule has 30 heavy (non-hydrogen) atoms. The second-order valence-corrected chi connectivity index (χ2v) is 8.26. The molecule has 0 saturated heterocycles. The quantitative estimate of drug-likeness (QED) is 0.379. The Morgan fingerprint density at radius 1 is 0.867 bits per heavy atom. The average Bonchev–Trinajstić information content (AvgIpc) is 2.98. The van der Waals surface area contributed by atoms with E-state index in [1.165, 1.54) is 0 Å². The van der Waals surface area contributed by atoms with Crippen LogP contribution in [0.2, 0.25) is 20.1 Å². The first-order valence-electron chi connectivity index (χ1n) is 8.93. The van der Waals surface area contributed by atoms with Crippen molar-refractivity contribution in [3.63, 3.8) is 0 Å². The van der Waals surface area contributed by atoms with E-state index in [1.807, 2.05) is 24.3 Å². The number of oxime groups is 1. The lowest BCUT2D eigenvalue weighted by Gasteiger charge is -2.17. The van der Waals surface area contributed by atoms with E-state index >= 15 is 0 Å². The molecule has 0 aromatic heterocycles. The van der Waals surface area contributed by atoms with Gasteiger partial charge >= 0.3 is 0 Å². The first kappa shape index (κ1) is 21.0. The van der Waals surface area contributed by atoms with Crippen LogP contribution in [-0.4, -0.2) is 11.6 Å². The summed E-state index contributed by atoms with van der Waals surface area (Å²) in [6.45, 7) is 0.441. The minimum Gasteiger partial charge on any atom is -0.390 e. The molecule has 4 rings (SSSR count). The zero-order valence-electron chi connectivity index (χ0n) is 15.4. The molecule has 3 aromatic rings. The van der Waals surface area contributed by atoms with Crippen molar-refractivity contribution in [3.8, 4) is 0 Å². The number of hydrogen-bond acceptors (Lipinski definition) is 3. The van der Waals surface area contributed by atoms with Crippen LogP contribution in [0.25, 0.3) is 0 Å². The van der Waals surface area contributed by atoms with Gasteiger partial charge in [-0.05, 0) is 41.5 Å². The summed E-state index contributed by atoms with van der Waals surface area (Å²) in [5.74, 6) is -0.267. The van der Waals surface area contributed by atoms with Gasteiger partial charge in [0.15, 0.2) is 5.71 Å². The van der Waals surface area contributed by atoms with Gasteiger partial charge in [0.1, 0.15) is 6.61 Å². The van der Waals surface area contributed by atoms with Gasteiger partial charge in [-0.3, -0.25) is 4.79 Å². The SMILES string of the molecule is O=C1/C(=N\OCc2ccc(Cl)c(Cl)c2)c2ccccc2N1Cc1ccc(Cl)cc1Cl. The Labute approximate surface area is 193 Å². The molecule has 1 aliphatic rings. The van der Waals surface area contributed by atoms with Gasteiger partial charge in [0.2, 0.25) is 0 Å². The molecule has 0 atom stereocenters. The molecule has 0 fully saturated rings. The minimum atomic E-state index is -0.267. The Morgan fingerprint density at radius 3 is 2.43 bits per heavy atom. The van der Waals surface area contributed by atoms with Crippen molar-refractivity contribution >= 4 is 63.7 Å². The number of nitrogens with zero attached hydrogens (tertiary/aromatic N) is 2. The number of anilines is 1. The summed E-state index contributed by atoms with van der Waals surface area (Å²) in [5, 5.41) is 6.04. The summed E-state index contributed by atoms with van der Waals surface area (Å²) >= 11 is 24.2. The van der Waals surface area contributed by atoms with E-state index in [0.29, 0.717) is 25.7 Å². The zero-order valence-corrected chi connectivity index (χ0v) is 18.4. The van der Waals surface area contributed by atoms with Crippen molar-refractivity contribution in [1.29, 1.82) is 0 Å². The second kappa shape index (κ2) is 8.86. The molecular formula is C22H14Cl4N2O2. The van der Waals surface area contributed by atoms with E-state index in [2.05, 4.69) is 5.16 Å². The number of halogens is 4. The van der Waals surface area contributed by atoms with Crippen molar-refractivity contribution in [2.24, 2.45) is 5.16 Å². The predicted molar refractivity (Wildman–Crippen MR) is 122 cm³/mol. The third-order valence-corrected chi connectivity index (χ3v) is 5.94. The van der Waals surface area contributed by atoms with Gasteiger partial charge in [-0.1, -0.05) is 81.9 Å². The summed E-state index contributed by atoms with van der Waals surface area (Å²) in [6, 6.07) is 17.8. The first-order chi connectivity index (χ1) is 14.4. The smallest absolute Gasteiger partial charge is 0.281 e. The molecule has 152 valence electrons. The molecule has 4 nitrogen and oxygen atoms in total. The topological polar surface area (TPSA) is 41.9 Å². The summed E-state index contributed by atoms with van der Waals surface area (Å²) in [4.78, 5) is 20.2. The molecular weight excluding hydrogens is 466 g/mol. The highest BCUT2D eigenvalue weighted by molar-refractivity contribution is 6.54. The van der Waals surface area contributed by atoms with Gasteiger partial charge in [0.05, 0.1) is 22.3 Å². The van der Waals surface area contributed by atoms with Crippen LogP contribution in [0.1, 0.15) is 16.7 Å². The van der Waals surface area contributed by atoms with Crippen molar-refractivity contribution in [3.05, 3.63) is 97.4 Å². The molecule has 8 heteroatoms. The van der Waals surface area contributed by atoms with Gasteiger partial charge in [-0.2, -0.15) is 0 Å². The Balaban J connectivity index is 1.57. The van der Waals surface area contributed by atoms with E-state index in [4.69, 9.17) is 51.2 Å². The van der Waals surface area contributed by atoms with Crippen LogP contribution >= 0.6 is 46.4 Å². The van der Waals surface area contributed by atoms with Crippen LogP contribution in [0.4, 0.5) is 5.69 Å². The molecule has 0 spiro atoms. The Hall–Kier alpha value is -2.24. The third-order valence-electron chi connectivity index (χ3n) is 4.61. The zero-order chi connectivity index (χ0) is 21.3. The standard InChI is InChI=1S/C22H14Cl4N2O2/c23-15-7-6-14(18(25)10-15)11-28-20-4-2-1-3-16(20)21(22(28)29)27-30-12-13-5-8-17(24)19(26)9-13/h1-10H,11-12H2/b27-21-. The molecule has 3 aromatic carbocycles. The predicted octanol–water partition coefficient (Wildman–Crippen LogP) is 6.77. The Morgan fingerprint density at radius 2 is 1.67 bits per heavy atom. The lowest BCUT2D eigenvalue weighted by molar-refractivity contribution is -0.112. The molecule has 1 heterocycles. The van der Waals surface area contributed by atoms with Crippen molar-refractivity contribution in [2.45, 2.75) is 13.2 Å². The van der Waals surface area contributed by atoms with E-state index in [9.17, 15) is 4.79 Å². The van der Waals surface area contributed by atoms with Crippen molar-refractivity contribution < 1.29 is 9.63 Å². The molecule has 0 bridgehead atoms. The number of rotatable bonds is 5. The maximum atomic E-state index is 13.1. The average molecular weight is 480 g/mol. The number of carbonyl (C=O) groups excluding carboxylic acids is 1.